The molecule has 2 aliphatic heterocycles. The van der Waals surface area contributed by atoms with Crippen molar-refractivity contribution in [2.24, 2.45) is 5.92 Å². The van der Waals surface area contributed by atoms with Crippen LogP contribution in [0.3, 0.4) is 0 Å². The average Bonchev–Trinajstić information content (AvgIpc) is 3.14. The van der Waals surface area contributed by atoms with E-state index in [0.29, 0.717) is 18.0 Å². The number of nitrogens with one attached hydrogen (secondary N) is 1. The van der Waals surface area contributed by atoms with Gasteiger partial charge in [0.15, 0.2) is 0 Å². The van der Waals surface area contributed by atoms with Crippen molar-refractivity contribution in [3.05, 3.63) is 29.3 Å². The maximum absolute atomic E-state index is 5.59. The Kier molecular flexibility index (Phi) is 4.27. The largest absolute Gasteiger partial charge is 0.493 e. The topological polar surface area (TPSA) is 30.5 Å². The van der Waals surface area contributed by atoms with Gasteiger partial charge in [0.05, 0.1) is 13.2 Å². The normalized spacial score (nSPS) is 24.2. The van der Waals surface area contributed by atoms with E-state index in [1.807, 2.05) is 0 Å². The maximum atomic E-state index is 5.59. The first-order valence-electron chi connectivity index (χ1n) is 7.87. The number of benzene rings is 1. The van der Waals surface area contributed by atoms with Crippen LogP contribution in [0.25, 0.3) is 0 Å². The molecule has 0 spiro atoms. The summed E-state index contributed by atoms with van der Waals surface area (Å²) in [6, 6.07) is 7.60. The van der Waals surface area contributed by atoms with E-state index in [1.165, 1.54) is 17.5 Å². The highest BCUT2D eigenvalue weighted by molar-refractivity contribution is 5.40. The molecule has 0 aliphatic carbocycles. The molecule has 1 N–H and O–H groups in total. The minimum absolute atomic E-state index is 0.427. The molecule has 1 aromatic rings. The fraction of sp³-hybridized carbons (Fsp3) is 0.647. The SMILES string of the molecule is CCC(NC(C)C1CCOC1)c1ccc2c(c1)CCO2. The fourth-order valence-corrected chi connectivity index (χ4v) is 3.27. The Morgan fingerprint density at radius 1 is 1.35 bits per heavy atom. The van der Waals surface area contributed by atoms with Crippen LogP contribution in [0.5, 0.6) is 5.75 Å². The molecule has 3 unspecified atom stereocenters. The number of rotatable bonds is 5. The monoisotopic (exact) mass is 275 g/mol. The summed E-state index contributed by atoms with van der Waals surface area (Å²) in [7, 11) is 0. The van der Waals surface area contributed by atoms with Gasteiger partial charge in [-0.25, -0.2) is 0 Å². The van der Waals surface area contributed by atoms with Gasteiger partial charge in [0, 0.05) is 25.1 Å². The average molecular weight is 275 g/mol. The van der Waals surface area contributed by atoms with Gasteiger partial charge in [0.25, 0.3) is 0 Å². The van der Waals surface area contributed by atoms with E-state index < -0.39 is 0 Å². The minimum atomic E-state index is 0.427. The second kappa shape index (κ2) is 6.15. The van der Waals surface area contributed by atoms with Crippen molar-refractivity contribution in [2.45, 2.75) is 45.2 Å². The zero-order chi connectivity index (χ0) is 13.9. The van der Waals surface area contributed by atoms with E-state index in [0.717, 1.165) is 38.4 Å². The molecule has 20 heavy (non-hydrogen) atoms. The smallest absolute Gasteiger partial charge is 0.122 e. The Labute approximate surface area is 121 Å². The van der Waals surface area contributed by atoms with Crippen LogP contribution in [-0.2, 0) is 11.2 Å². The summed E-state index contributed by atoms with van der Waals surface area (Å²) < 4.78 is 11.1. The van der Waals surface area contributed by atoms with Gasteiger partial charge in [0.2, 0.25) is 0 Å². The second-order valence-corrected chi connectivity index (χ2v) is 6.01. The van der Waals surface area contributed by atoms with Crippen molar-refractivity contribution in [3.8, 4) is 5.75 Å². The van der Waals surface area contributed by atoms with Crippen molar-refractivity contribution in [1.29, 1.82) is 0 Å². The summed E-state index contributed by atoms with van der Waals surface area (Å²) in [4.78, 5) is 0. The van der Waals surface area contributed by atoms with Crippen LogP contribution in [0.1, 0.15) is 43.9 Å². The summed E-state index contributed by atoms with van der Waals surface area (Å²) in [5, 5.41) is 3.80. The predicted molar refractivity (Wildman–Crippen MR) is 80.2 cm³/mol. The first kappa shape index (κ1) is 13.9. The first-order valence-corrected chi connectivity index (χ1v) is 7.87. The molecule has 0 aromatic heterocycles. The lowest BCUT2D eigenvalue weighted by Gasteiger charge is -2.26. The molecule has 3 nitrogen and oxygen atoms in total. The lowest BCUT2D eigenvalue weighted by Crippen LogP contribution is -2.36. The molecule has 0 amide bonds. The van der Waals surface area contributed by atoms with E-state index >= 15 is 0 Å². The molecule has 3 heteroatoms. The second-order valence-electron chi connectivity index (χ2n) is 6.01. The summed E-state index contributed by atoms with van der Waals surface area (Å²) in [6.45, 7) is 7.20. The number of hydrogen-bond donors (Lipinski definition) is 1. The number of hydrogen-bond acceptors (Lipinski definition) is 3. The molecule has 1 saturated heterocycles. The van der Waals surface area contributed by atoms with Crippen molar-refractivity contribution in [1.82, 2.24) is 5.32 Å². The van der Waals surface area contributed by atoms with Crippen molar-refractivity contribution in [3.63, 3.8) is 0 Å². The Hall–Kier alpha value is -1.06. The molecule has 1 fully saturated rings. The van der Waals surface area contributed by atoms with Gasteiger partial charge < -0.3 is 14.8 Å². The van der Waals surface area contributed by atoms with E-state index in [9.17, 15) is 0 Å². The third-order valence-electron chi connectivity index (χ3n) is 4.66. The van der Waals surface area contributed by atoms with Crippen LogP contribution in [0.4, 0.5) is 0 Å². The van der Waals surface area contributed by atoms with E-state index in [1.54, 1.807) is 0 Å². The molecular weight excluding hydrogens is 250 g/mol. The zero-order valence-electron chi connectivity index (χ0n) is 12.5. The third kappa shape index (κ3) is 2.84. The van der Waals surface area contributed by atoms with Crippen LogP contribution in [0.2, 0.25) is 0 Å². The van der Waals surface area contributed by atoms with Gasteiger partial charge in [-0.15, -0.1) is 0 Å². The maximum Gasteiger partial charge on any atom is 0.122 e. The molecule has 0 saturated carbocycles. The molecule has 3 rings (SSSR count). The number of ether oxygens (including phenoxy) is 2. The van der Waals surface area contributed by atoms with Gasteiger partial charge in [-0.1, -0.05) is 19.1 Å². The van der Waals surface area contributed by atoms with Crippen LogP contribution in [0, 0.1) is 5.92 Å². The predicted octanol–water partition coefficient (Wildman–Crippen LogP) is 3.09. The van der Waals surface area contributed by atoms with Crippen LogP contribution in [-0.4, -0.2) is 25.9 Å². The highest BCUT2D eigenvalue weighted by Crippen LogP contribution is 2.30. The minimum Gasteiger partial charge on any atom is -0.493 e. The lowest BCUT2D eigenvalue weighted by molar-refractivity contribution is 0.176. The summed E-state index contributed by atoms with van der Waals surface area (Å²) in [5.41, 5.74) is 2.75. The van der Waals surface area contributed by atoms with Gasteiger partial charge in [-0.2, -0.15) is 0 Å². The van der Waals surface area contributed by atoms with Crippen molar-refractivity contribution >= 4 is 0 Å². The number of fused-ring (bicyclic) bond motifs is 1. The Balaban J connectivity index is 1.69. The quantitative estimate of drug-likeness (QED) is 0.895. The fourth-order valence-electron chi connectivity index (χ4n) is 3.27. The zero-order valence-corrected chi connectivity index (χ0v) is 12.5. The van der Waals surface area contributed by atoms with E-state index in [-0.39, 0.29) is 0 Å². The molecule has 0 bridgehead atoms. The van der Waals surface area contributed by atoms with Crippen molar-refractivity contribution in [2.75, 3.05) is 19.8 Å². The van der Waals surface area contributed by atoms with Crippen molar-refractivity contribution < 1.29 is 9.47 Å². The molecule has 1 aromatic carbocycles. The van der Waals surface area contributed by atoms with Gasteiger partial charge in [-0.3, -0.25) is 0 Å². The first-order chi connectivity index (χ1) is 9.78. The van der Waals surface area contributed by atoms with Crippen LogP contribution in [0.15, 0.2) is 18.2 Å². The summed E-state index contributed by atoms with van der Waals surface area (Å²) >= 11 is 0. The molecule has 2 heterocycles. The van der Waals surface area contributed by atoms with Gasteiger partial charge in [-0.05, 0) is 42.9 Å². The highest BCUT2D eigenvalue weighted by Gasteiger charge is 2.25. The van der Waals surface area contributed by atoms with E-state index in [2.05, 4.69) is 37.4 Å². The summed E-state index contributed by atoms with van der Waals surface area (Å²) in [5.74, 6) is 1.72. The Morgan fingerprint density at radius 2 is 2.25 bits per heavy atom. The van der Waals surface area contributed by atoms with E-state index in [4.69, 9.17) is 9.47 Å². The Bertz CT molecular complexity index is 454. The lowest BCUT2D eigenvalue weighted by atomic mass is 9.96. The Morgan fingerprint density at radius 3 is 3.00 bits per heavy atom. The van der Waals surface area contributed by atoms with Gasteiger partial charge >= 0.3 is 0 Å². The van der Waals surface area contributed by atoms with Crippen LogP contribution >= 0.6 is 0 Å². The molecule has 110 valence electrons. The third-order valence-corrected chi connectivity index (χ3v) is 4.66. The van der Waals surface area contributed by atoms with Gasteiger partial charge in [0.1, 0.15) is 5.75 Å². The highest BCUT2D eigenvalue weighted by atomic mass is 16.5. The van der Waals surface area contributed by atoms with Crippen LogP contribution < -0.4 is 10.1 Å². The standard InChI is InChI=1S/C17H25NO2/c1-3-16(18-12(2)15-6-8-19-11-15)13-4-5-17-14(10-13)7-9-20-17/h4-5,10,12,15-16,18H,3,6-9,11H2,1-2H3. The molecule has 2 aliphatic rings. The molecule has 0 radical (unpaired) electrons. The molecular formula is C17H25NO2. The summed E-state index contributed by atoms with van der Waals surface area (Å²) in [6.07, 6.45) is 3.34. The molecule has 3 atom stereocenters.